The average Bonchev–Trinajstić information content (AvgIpc) is 2.82. The van der Waals surface area contributed by atoms with E-state index in [4.69, 9.17) is 17.2 Å². The standard InChI is InChI=1S/C25H32IN5O3/c1-17-12-13-19(15-21(17)26)23(33)31(20(16-32)10-6-14-30-25(28)29)24(34)22(27)11-5-9-18-7-3-2-4-8-18/h2-4,7-8,12-13,15-16,20,22H,5-6,9-11,14,27H2,1H3,(H4,28,29,30)/t20-,22+/m0/s1. The van der Waals surface area contributed by atoms with Crippen LogP contribution in [-0.2, 0) is 16.0 Å². The number of aldehydes is 1. The highest BCUT2D eigenvalue weighted by Gasteiger charge is 2.33. The first-order valence-electron chi connectivity index (χ1n) is 11.2. The molecule has 0 aromatic heterocycles. The van der Waals surface area contributed by atoms with E-state index in [2.05, 4.69) is 27.6 Å². The fourth-order valence-electron chi connectivity index (χ4n) is 3.52. The molecule has 9 heteroatoms. The van der Waals surface area contributed by atoms with Gasteiger partial charge in [0.25, 0.3) is 5.91 Å². The number of halogens is 1. The minimum Gasteiger partial charge on any atom is -0.370 e. The van der Waals surface area contributed by atoms with Gasteiger partial charge in [-0.1, -0.05) is 36.4 Å². The van der Waals surface area contributed by atoms with Crippen molar-refractivity contribution in [3.8, 4) is 0 Å². The van der Waals surface area contributed by atoms with Crippen LogP contribution in [0.25, 0.3) is 0 Å². The van der Waals surface area contributed by atoms with Crippen molar-refractivity contribution in [3.63, 3.8) is 0 Å². The minimum absolute atomic E-state index is 0.0543. The van der Waals surface area contributed by atoms with Gasteiger partial charge in [-0.2, -0.15) is 0 Å². The summed E-state index contributed by atoms with van der Waals surface area (Å²) in [4.78, 5) is 43.7. The molecule has 0 saturated carbocycles. The minimum atomic E-state index is -0.965. The normalized spacial score (nSPS) is 12.4. The van der Waals surface area contributed by atoms with Gasteiger partial charge in [-0.3, -0.25) is 19.5 Å². The summed E-state index contributed by atoms with van der Waals surface area (Å²) in [6, 6.07) is 13.2. The molecule has 0 fully saturated rings. The van der Waals surface area contributed by atoms with E-state index in [9.17, 15) is 14.4 Å². The van der Waals surface area contributed by atoms with Crippen LogP contribution in [0.1, 0.15) is 47.2 Å². The van der Waals surface area contributed by atoms with E-state index in [1.54, 1.807) is 12.1 Å². The molecule has 0 aliphatic carbocycles. The maximum atomic E-state index is 13.4. The Hall–Kier alpha value is -2.79. The van der Waals surface area contributed by atoms with Crippen molar-refractivity contribution in [1.82, 2.24) is 4.90 Å². The molecule has 0 bridgehead atoms. The predicted octanol–water partition coefficient (Wildman–Crippen LogP) is 2.54. The molecular weight excluding hydrogens is 545 g/mol. The van der Waals surface area contributed by atoms with E-state index in [1.165, 1.54) is 0 Å². The van der Waals surface area contributed by atoms with Crippen LogP contribution in [-0.4, -0.2) is 47.6 Å². The Balaban J connectivity index is 2.20. The lowest BCUT2D eigenvalue weighted by Crippen LogP contribution is -2.52. The number of carbonyl (C=O) groups excluding carboxylic acids is 3. The Kier molecular flexibility index (Phi) is 11.1. The summed E-state index contributed by atoms with van der Waals surface area (Å²) in [6.07, 6.45) is 3.10. The highest BCUT2D eigenvalue weighted by atomic mass is 127. The lowest BCUT2D eigenvalue weighted by molar-refractivity contribution is -0.134. The number of rotatable bonds is 12. The van der Waals surface area contributed by atoms with Gasteiger partial charge >= 0.3 is 0 Å². The van der Waals surface area contributed by atoms with E-state index in [1.807, 2.05) is 43.3 Å². The molecule has 182 valence electrons. The van der Waals surface area contributed by atoms with E-state index in [-0.39, 0.29) is 18.9 Å². The summed E-state index contributed by atoms with van der Waals surface area (Å²) in [6.45, 7) is 2.22. The molecule has 0 aliphatic rings. The summed E-state index contributed by atoms with van der Waals surface area (Å²) in [5.74, 6) is -1.16. The van der Waals surface area contributed by atoms with Crippen LogP contribution < -0.4 is 17.2 Å². The SMILES string of the molecule is Cc1ccc(C(=O)N(C(=O)[C@H](N)CCCc2ccccc2)[C@H](C=O)CCCN=C(N)N)cc1I. The quantitative estimate of drug-likeness (QED) is 0.116. The lowest BCUT2D eigenvalue weighted by atomic mass is 10.0. The molecule has 2 atom stereocenters. The highest BCUT2D eigenvalue weighted by Crippen LogP contribution is 2.19. The van der Waals surface area contributed by atoms with Crippen LogP contribution in [0.4, 0.5) is 0 Å². The Morgan fingerprint density at radius 3 is 2.41 bits per heavy atom. The summed E-state index contributed by atoms with van der Waals surface area (Å²) in [5, 5.41) is 0. The Morgan fingerprint density at radius 1 is 1.09 bits per heavy atom. The van der Waals surface area contributed by atoms with Crippen LogP contribution in [0, 0.1) is 10.5 Å². The predicted molar refractivity (Wildman–Crippen MR) is 142 cm³/mol. The second-order valence-corrected chi connectivity index (χ2v) is 9.28. The maximum Gasteiger partial charge on any atom is 0.261 e. The molecule has 0 spiro atoms. The summed E-state index contributed by atoms with van der Waals surface area (Å²) in [5.41, 5.74) is 19.4. The molecule has 2 aromatic carbocycles. The second-order valence-electron chi connectivity index (χ2n) is 8.11. The zero-order chi connectivity index (χ0) is 25.1. The van der Waals surface area contributed by atoms with Crippen molar-refractivity contribution in [2.45, 2.75) is 51.1 Å². The van der Waals surface area contributed by atoms with E-state index in [0.29, 0.717) is 31.1 Å². The van der Waals surface area contributed by atoms with Crippen LogP contribution in [0.3, 0.4) is 0 Å². The Bertz CT molecular complexity index is 1010. The van der Waals surface area contributed by atoms with Crippen LogP contribution in [0.2, 0.25) is 0 Å². The molecule has 2 rings (SSSR count). The molecule has 0 heterocycles. The molecule has 0 radical (unpaired) electrons. The number of benzene rings is 2. The Morgan fingerprint density at radius 2 is 1.79 bits per heavy atom. The first kappa shape index (κ1) is 27.5. The number of hydrogen-bond acceptors (Lipinski definition) is 5. The molecule has 34 heavy (non-hydrogen) atoms. The van der Waals surface area contributed by atoms with E-state index in [0.717, 1.165) is 26.0 Å². The number of nitrogens with zero attached hydrogens (tertiary/aromatic N) is 2. The molecule has 8 nitrogen and oxygen atoms in total. The number of aryl methyl sites for hydroxylation is 2. The van der Waals surface area contributed by atoms with Crippen molar-refractivity contribution in [2.24, 2.45) is 22.2 Å². The second kappa shape index (κ2) is 13.8. The maximum absolute atomic E-state index is 13.4. The van der Waals surface area contributed by atoms with Gasteiger partial charge in [0, 0.05) is 15.7 Å². The Labute approximate surface area is 214 Å². The smallest absolute Gasteiger partial charge is 0.261 e. The average molecular weight is 577 g/mol. The van der Waals surface area contributed by atoms with Crippen LogP contribution in [0.5, 0.6) is 0 Å². The lowest BCUT2D eigenvalue weighted by Gasteiger charge is -2.29. The zero-order valence-electron chi connectivity index (χ0n) is 19.3. The van der Waals surface area contributed by atoms with Crippen molar-refractivity contribution in [3.05, 3.63) is 68.8 Å². The first-order valence-corrected chi connectivity index (χ1v) is 12.3. The summed E-state index contributed by atoms with van der Waals surface area (Å²) >= 11 is 2.13. The van der Waals surface area contributed by atoms with E-state index < -0.39 is 23.9 Å². The number of nitrogens with two attached hydrogens (primary N) is 3. The molecule has 0 aliphatic heterocycles. The molecular formula is C25H32IN5O3. The number of guanidine groups is 1. The van der Waals surface area contributed by atoms with Gasteiger partial charge in [0.2, 0.25) is 5.91 Å². The van der Waals surface area contributed by atoms with Gasteiger partial charge in [0.15, 0.2) is 5.96 Å². The van der Waals surface area contributed by atoms with E-state index >= 15 is 0 Å². The third kappa shape index (κ3) is 8.21. The van der Waals surface area contributed by atoms with Gasteiger partial charge in [-0.25, -0.2) is 0 Å². The number of carbonyl (C=O) groups is 3. The van der Waals surface area contributed by atoms with Gasteiger partial charge in [-0.05, 0) is 84.9 Å². The monoisotopic (exact) mass is 577 g/mol. The topological polar surface area (TPSA) is 145 Å². The number of hydrogen-bond donors (Lipinski definition) is 3. The fraction of sp³-hybridized carbons (Fsp3) is 0.360. The molecule has 6 N–H and O–H groups in total. The zero-order valence-corrected chi connectivity index (χ0v) is 21.5. The third-order valence-electron chi connectivity index (χ3n) is 5.46. The molecule has 0 unspecified atom stereocenters. The van der Waals surface area contributed by atoms with Crippen molar-refractivity contribution in [1.29, 1.82) is 0 Å². The number of aliphatic imine (C=N–C) groups is 1. The van der Waals surface area contributed by atoms with Gasteiger partial charge in [0.05, 0.1) is 12.1 Å². The molecule has 2 amide bonds. The first-order chi connectivity index (χ1) is 16.2. The van der Waals surface area contributed by atoms with Gasteiger partial charge in [0.1, 0.15) is 6.29 Å². The fourth-order valence-corrected chi connectivity index (χ4v) is 4.03. The van der Waals surface area contributed by atoms with Crippen molar-refractivity contribution >= 4 is 46.7 Å². The van der Waals surface area contributed by atoms with Crippen LogP contribution >= 0.6 is 22.6 Å². The largest absolute Gasteiger partial charge is 0.370 e. The summed E-state index contributed by atoms with van der Waals surface area (Å²) in [7, 11) is 0. The molecule has 2 aromatic rings. The van der Waals surface area contributed by atoms with Crippen LogP contribution in [0.15, 0.2) is 53.5 Å². The highest BCUT2D eigenvalue weighted by molar-refractivity contribution is 14.1. The van der Waals surface area contributed by atoms with Crippen molar-refractivity contribution in [2.75, 3.05) is 6.54 Å². The van der Waals surface area contributed by atoms with Gasteiger partial charge < -0.3 is 22.0 Å². The number of imide groups is 1. The number of amides is 2. The van der Waals surface area contributed by atoms with Gasteiger partial charge in [-0.15, -0.1) is 0 Å². The summed E-state index contributed by atoms with van der Waals surface area (Å²) < 4.78 is 0.887. The third-order valence-corrected chi connectivity index (χ3v) is 6.62. The van der Waals surface area contributed by atoms with Crippen molar-refractivity contribution < 1.29 is 14.4 Å². The molecule has 0 saturated heterocycles.